The zero-order valence-corrected chi connectivity index (χ0v) is 22.3. The van der Waals surface area contributed by atoms with Crippen LogP contribution in [0.4, 0.5) is 5.69 Å². The van der Waals surface area contributed by atoms with Crippen LogP contribution in [0.1, 0.15) is 19.3 Å². The van der Waals surface area contributed by atoms with Gasteiger partial charge in [0.2, 0.25) is 0 Å². The fraction of sp³-hybridized carbons (Fsp3) is 0.200. The second kappa shape index (κ2) is 12.2. The smallest absolute Gasteiger partial charge is 0.327 e. The third-order valence-corrected chi connectivity index (χ3v) is 7.46. The zero-order chi connectivity index (χ0) is 28.1. The van der Waals surface area contributed by atoms with Gasteiger partial charge in [0.1, 0.15) is 23.0 Å². The van der Waals surface area contributed by atoms with Gasteiger partial charge in [-0.2, -0.15) is 0 Å². The Morgan fingerprint density at radius 2 is 1.65 bits per heavy atom. The van der Waals surface area contributed by atoms with Crippen molar-refractivity contribution in [1.29, 1.82) is 0 Å². The van der Waals surface area contributed by atoms with Crippen molar-refractivity contribution >= 4 is 61.5 Å². The Hall–Kier alpha value is -4.41. The number of amides is 1. The summed E-state index contributed by atoms with van der Waals surface area (Å²) >= 11 is -2.83. The first-order valence-electron chi connectivity index (χ1n) is 12.8. The number of nitrogens with zero attached hydrogens (tertiary/aromatic N) is 1. The van der Waals surface area contributed by atoms with Crippen LogP contribution in [-0.2, 0) is 20.9 Å². The molecule has 10 heteroatoms. The molecule has 206 valence electrons. The van der Waals surface area contributed by atoms with Crippen LogP contribution in [0, 0.1) is 0 Å². The van der Waals surface area contributed by atoms with Gasteiger partial charge in [-0.3, -0.25) is 13.3 Å². The van der Waals surface area contributed by atoms with E-state index in [0.717, 1.165) is 20.5 Å². The molecule has 0 saturated carbocycles. The van der Waals surface area contributed by atoms with Crippen molar-refractivity contribution in [3.63, 3.8) is 0 Å². The SMILES string of the molecule is O=C(COc1cccc2ccccc12)NCCCCC(C(=O)O)N(c1ccc2oc3ccccc3c2c1)S(=O)[O-]. The molecule has 2 unspecified atom stereocenters. The van der Waals surface area contributed by atoms with Crippen LogP contribution in [0.25, 0.3) is 32.7 Å². The molecule has 40 heavy (non-hydrogen) atoms. The monoisotopic (exact) mass is 559 g/mol. The molecule has 2 N–H and O–H groups in total. The molecule has 2 atom stereocenters. The van der Waals surface area contributed by atoms with E-state index in [1.165, 1.54) is 6.07 Å². The van der Waals surface area contributed by atoms with E-state index in [1.54, 1.807) is 18.2 Å². The minimum atomic E-state index is -2.83. The zero-order valence-electron chi connectivity index (χ0n) is 21.4. The number of carboxylic acids is 1. The summed E-state index contributed by atoms with van der Waals surface area (Å²) in [5, 5.41) is 16.1. The van der Waals surface area contributed by atoms with E-state index in [-0.39, 0.29) is 24.6 Å². The molecule has 1 heterocycles. The summed E-state index contributed by atoms with van der Waals surface area (Å²) in [7, 11) is 0. The lowest BCUT2D eigenvalue weighted by Gasteiger charge is -2.32. The molecule has 0 aliphatic heterocycles. The molecule has 5 rings (SSSR count). The van der Waals surface area contributed by atoms with Crippen molar-refractivity contribution in [3.8, 4) is 5.75 Å². The molecule has 0 spiro atoms. The van der Waals surface area contributed by atoms with Crippen molar-refractivity contribution < 1.29 is 32.6 Å². The number of furan rings is 1. The lowest BCUT2D eigenvalue weighted by molar-refractivity contribution is -0.138. The van der Waals surface area contributed by atoms with Crippen LogP contribution in [0.3, 0.4) is 0 Å². The number of unbranched alkanes of at least 4 members (excludes halogenated alkanes) is 1. The molecule has 5 aromatic rings. The van der Waals surface area contributed by atoms with Crippen LogP contribution in [0.15, 0.2) is 89.3 Å². The second-order valence-corrected chi connectivity index (χ2v) is 10.1. The number of carbonyl (C=O) groups is 2. The molecular formula is C30H27N2O7S-. The summed E-state index contributed by atoms with van der Waals surface area (Å²) in [6.07, 6.45) is 0.913. The number of para-hydroxylation sites is 1. The number of carbonyl (C=O) groups excluding carboxylic acids is 1. The van der Waals surface area contributed by atoms with E-state index in [9.17, 15) is 23.5 Å². The summed E-state index contributed by atoms with van der Waals surface area (Å²) in [5.74, 6) is -0.940. The molecule has 1 amide bonds. The Morgan fingerprint density at radius 1 is 0.925 bits per heavy atom. The summed E-state index contributed by atoms with van der Waals surface area (Å²) in [5.41, 5.74) is 1.47. The summed E-state index contributed by atoms with van der Waals surface area (Å²) in [6.45, 7) is 0.150. The van der Waals surface area contributed by atoms with Gasteiger partial charge in [0, 0.05) is 34.0 Å². The maximum atomic E-state index is 12.3. The molecule has 0 aliphatic carbocycles. The molecule has 0 bridgehead atoms. The van der Waals surface area contributed by atoms with Gasteiger partial charge < -0.3 is 24.1 Å². The van der Waals surface area contributed by atoms with Gasteiger partial charge >= 0.3 is 5.97 Å². The van der Waals surface area contributed by atoms with E-state index in [4.69, 9.17) is 9.15 Å². The fourth-order valence-electron chi connectivity index (χ4n) is 4.77. The van der Waals surface area contributed by atoms with Crippen LogP contribution < -0.4 is 14.4 Å². The third kappa shape index (κ3) is 5.93. The fourth-order valence-corrected chi connectivity index (χ4v) is 5.46. The lowest BCUT2D eigenvalue weighted by atomic mass is 10.1. The highest BCUT2D eigenvalue weighted by Crippen LogP contribution is 2.33. The van der Waals surface area contributed by atoms with Gasteiger partial charge in [0.05, 0.1) is 5.69 Å². The Kier molecular flexibility index (Phi) is 8.28. The first-order chi connectivity index (χ1) is 19.4. The van der Waals surface area contributed by atoms with Gasteiger partial charge in [-0.05, 0) is 55.0 Å². The first-order valence-corrected chi connectivity index (χ1v) is 13.9. The molecule has 0 saturated heterocycles. The topological polar surface area (TPSA) is 132 Å². The van der Waals surface area contributed by atoms with Gasteiger partial charge in [0.25, 0.3) is 5.91 Å². The van der Waals surface area contributed by atoms with Crippen molar-refractivity contribution in [1.82, 2.24) is 5.32 Å². The van der Waals surface area contributed by atoms with E-state index in [2.05, 4.69) is 5.32 Å². The average molecular weight is 560 g/mol. The van der Waals surface area contributed by atoms with E-state index >= 15 is 0 Å². The maximum absolute atomic E-state index is 12.3. The number of hydrogen-bond acceptors (Lipinski definition) is 6. The number of anilines is 1. The van der Waals surface area contributed by atoms with Crippen LogP contribution in [0.5, 0.6) is 5.75 Å². The highest BCUT2D eigenvalue weighted by atomic mass is 32.2. The first kappa shape index (κ1) is 27.2. The predicted octanol–water partition coefficient (Wildman–Crippen LogP) is 5.16. The lowest BCUT2D eigenvalue weighted by Crippen LogP contribution is -2.42. The van der Waals surface area contributed by atoms with Crippen molar-refractivity contribution in [2.75, 3.05) is 17.5 Å². The minimum Gasteiger partial charge on any atom is -0.755 e. The van der Waals surface area contributed by atoms with Crippen LogP contribution in [-0.4, -0.2) is 44.9 Å². The standard InChI is InChI=1S/C30H28N2O7S/c33-29(19-38-26-14-7-9-20-8-1-2-10-22(20)26)31-17-6-5-12-25(30(34)35)32(40(36)37)21-15-16-28-24(18-21)23-11-3-4-13-27(23)39-28/h1-4,7-11,13-16,18,25H,5-6,12,17,19H2,(H,31,33)(H,34,35)(H,36,37)/p-1. The highest BCUT2D eigenvalue weighted by Gasteiger charge is 2.27. The molecule has 1 aromatic heterocycles. The summed E-state index contributed by atoms with van der Waals surface area (Å²) in [4.78, 5) is 24.4. The van der Waals surface area contributed by atoms with Gasteiger partial charge in [-0.1, -0.05) is 54.6 Å². The number of carboxylic acid groups (broad SMARTS) is 1. The number of benzene rings is 4. The molecule has 9 nitrogen and oxygen atoms in total. The van der Waals surface area contributed by atoms with Crippen molar-refractivity contribution in [2.45, 2.75) is 25.3 Å². The normalized spacial score (nSPS) is 12.8. The molecule has 0 radical (unpaired) electrons. The number of aliphatic carboxylic acids is 1. The number of rotatable bonds is 12. The largest absolute Gasteiger partial charge is 0.755 e. The second-order valence-electron chi connectivity index (χ2n) is 9.29. The Balaban J connectivity index is 1.17. The average Bonchev–Trinajstić information content (AvgIpc) is 3.33. The van der Waals surface area contributed by atoms with Crippen molar-refractivity contribution in [2.24, 2.45) is 0 Å². The number of hydrogen-bond donors (Lipinski definition) is 2. The summed E-state index contributed by atoms with van der Waals surface area (Å²) < 4.78 is 36.8. The van der Waals surface area contributed by atoms with E-state index < -0.39 is 23.3 Å². The van der Waals surface area contributed by atoms with Crippen molar-refractivity contribution in [3.05, 3.63) is 84.9 Å². The molecule has 4 aromatic carbocycles. The van der Waals surface area contributed by atoms with Crippen LogP contribution in [0.2, 0.25) is 0 Å². The van der Waals surface area contributed by atoms with E-state index in [0.29, 0.717) is 41.7 Å². The predicted molar refractivity (Wildman–Crippen MR) is 153 cm³/mol. The quantitative estimate of drug-likeness (QED) is 0.159. The van der Waals surface area contributed by atoms with Gasteiger partial charge in [0.15, 0.2) is 6.61 Å². The Labute approximate surface area is 232 Å². The molecule has 0 fully saturated rings. The Morgan fingerprint density at radius 3 is 2.45 bits per heavy atom. The maximum Gasteiger partial charge on any atom is 0.327 e. The van der Waals surface area contributed by atoms with E-state index in [1.807, 2.05) is 60.7 Å². The number of ether oxygens (including phenoxy) is 1. The van der Waals surface area contributed by atoms with Gasteiger partial charge in [-0.15, -0.1) is 0 Å². The molecular weight excluding hydrogens is 532 g/mol. The number of nitrogens with one attached hydrogen (secondary N) is 1. The highest BCUT2D eigenvalue weighted by molar-refractivity contribution is 7.80. The Bertz CT molecular complexity index is 1690. The van der Waals surface area contributed by atoms with Gasteiger partial charge in [-0.25, -0.2) is 4.79 Å². The third-order valence-electron chi connectivity index (χ3n) is 6.68. The molecule has 0 aliphatic rings. The minimum absolute atomic E-state index is 0.0653. The summed E-state index contributed by atoms with van der Waals surface area (Å²) in [6, 6.07) is 24.2. The van der Waals surface area contributed by atoms with Crippen LogP contribution >= 0.6 is 0 Å². The number of fused-ring (bicyclic) bond motifs is 4.